The molecule has 1 aromatic heterocycles. The Kier molecular flexibility index (Phi) is 6.42. The van der Waals surface area contributed by atoms with E-state index in [9.17, 15) is 4.79 Å². The summed E-state index contributed by atoms with van der Waals surface area (Å²) >= 11 is 6.08. The predicted molar refractivity (Wildman–Crippen MR) is 99.1 cm³/mol. The molecule has 134 valence electrons. The van der Waals surface area contributed by atoms with Crippen LogP contribution in [0.15, 0.2) is 30.9 Å². The molecule has 1 amide bonds. The number of hydrogen-bond acceptors (Lipinski definition) is 4. The highest BCUT2D eigenvalue weighted by atomic mass is 35.5. The maximum absolute atomic E-state index is 12.4. The molecule has 2 N–H and O–H groups in total. The molecule has 1 saturated carbocycles. The minimum atomic E-state index is -0.0781. The van der Waals surface area contributed by atoms with Gasteiger partial charge in [0.15, 0.2) is 0 Å². The summed E-state index contributed by atoms with van der Waals surface area (Å²) in [5.74, 6) is -0.0781. The van der Waals surface area contributed by atoms with Gasteiger partial charge in [-0.3, -0.25) is 4.79 Å². The number of rotatable bonds is 5. The van der Waals surface area contributed by atoms with Crippen molar-refractivity contribution in [2.75, 3.05) is 11.9 Å². The number of carbonyl (C=O) groups excluding carboxylic acids is 1. The first-order valence-electron chi connectivity index (χ1n) is 8.90. The van der Waals surface area contributed by atoms with Gasteiger partial charge in [-0.1, -0.05) is 43.7 Å². The lowest BCUT2D eigenvalue weighted by molar-refractivity contribution is -0.115. The summed E-state index contributed by atoms with van der Waals surface area (Å²) in [6.45, 7) is 0.300. The molecule has 0 spiro atoms. The average Bonchev–Trinajstić information content (AvgIpc) is 3.08. The number of nitrogens with zero attached hydrogens (tertiary/aromatic N) is 3. The SMILES string of the molecule is O=C(CNC1CCCCCCC1)Nc1cc(Cl)ccc1-n1cncn1. The lowest BCUT2D eigenvalue weighted by Crippen LogP contribution is -2.36. The monoisotopic (exact) mass is 361 g/mol. The van der Waals surface area contributed by atoms with Crippen LogP contribution in [0.3, 0.4) is 0 Å². The Labute approximate surface area is 153 Å². The van der Waals surface area contributed by atoms with E-state index in [1.54, 1.807) is 23.1 Å². The van der Waals surface area contributed by atoms with E-state index in [1.165, 1.54) is 38.4 Å². The van der Waals surface area contributed by atoms with Gasteiger partial charge in [-0.05, 0) is 31.0 Å². The van der Waals surface area contributed by atoms with E-state index in [0.717, 1.165) is 18.5 Å². The van der Waals surface area contributed by atoms with Crippen LogP contribution >= 0.6 is 11.6 Å². The molecule has 0 bridgehead atoms. The number of nitrogens with one attached hydrogen (secondary N) is 2. The van der Waals surface area contributed by atoms with E-state index in [1.807, 2.05) is 6.07 Å². The van der Waals surface area contributed by atoms with Crippen LogP contribution in [0.1, 0.15) is 44.9 Å². The standard InChI is InChI=1S/C18H24ClN5O/c19-14-8-9-17(24-13-20-12-22-24)16(10-14)23-18(25)11-21-15-6-4-2-1-3-5-7-15/h8-10,12-13,15,21H,1-7,11H2,(H,23,25). The van der Waals surface area contributed by atoms with Crippen molar-refractivity contribution >= 4 is 23.2 Å². The molecule has 2 aromatic rings. The zero-order valence-electron chi connectivity index (χ0n) is 14.2. The molecular weight excluding hydrogens is 338 g/mol. The molecule has 0 radical (unpaired) electrons. The highest BCUT2D eigenvalue weighted by Crippen LogP contribution is 2.24. The molecule has 1 aromatic carbocycles. The van der Waals surface area contributed by atoms with Crippen LogP contribution in [0.2, 0.25) is 5.02 Å². The third-order valence-electron chi connectivity index (χ3n) is 4.55. The van der Waals surface area contributed by atoms with Gasteiger partial charge in [-0.25, -0.2) is 9.67 Å². The van der Waals surface area contributed by atoms with Crippen LogP contribution in [0.4, 0.5) is 5.69 Å². The van der Waals surface area contributed by atoms with Gasteiger partial charge < -0.3 is 10.6 Å². The fourth-order valence-corrected chi connectivity index (χ4v) is 3.40. The summed E-state index contributed by atoms with van der Waals surface area (Å²) in [5, 5.41) is 11.0. The van der Waals surface area contributed by atoms with Gasteiger partial charge >= 0.3 is 0 Å². The first-order chi connectivity index (χ1) is 12.2. The number of anilines is 1. The Balaban J connectivity index is 1.60. The largest absolute Gasteiger partial charge is 0.323 e. The van der Waals surface area contributed by atoms with Crippen LogP contribution in [-0.2, 0) is 4.79 Å². The third kappa shape index (κ3) is 5.28. The van der Waals surface area contributed by atoms with Gasteiger partial charge in [-0.2, -0.15) is 5.10 Å². The van der Waals surface area contributed by atoms with Crippen molar-refractivity contribution in [2.45, 2.75) is 51.0 Å². The Morgan fingerprint density at radius 3 is 2.68 bits per heavy atom. The van der Waals surface area contributed by atoms with Crippen LogP contribution < -0.4 is 10.6 Å². The first kappa shape index (κ1) is 17.9. The maximum atomic E-state index is 12.4. The summed E-state index contributed by atoms with van der Waals surface area (Å²) in [6.07, 6.45) is 11.8. The number of hydrogen-bond donors (Lipinski definition) is 2. The lowest BCUT2D eigenvalue weighted by atomic mass is 9.97. The molecule has 0 unspecified atom stereocenters. The van der Waals surface area contributed by atoms with Crippen molar-refractivity contribution in [3.8, 4) is 5.69 Å². The van der Waals surface area contributed by atoms with Gasteiger partial charge in [0.1, 0.15) is 12.7 Å². The smallest absolute Gasteiger partial charge is 0.238 e. The number of benzene rings is 1. The van der Waals surface area contributed by atoms with E-state index in [2.05, 4.69) is 20.7 Å². The molecular formula is C18H24ClN5O. The van der Waals surface area contributed by atoms with Crippen molar-refractivity contribution in [3.05, 3.63) is 35.9 Å². The first-order valence-corrected chi connectivity index (χ1v) is 9.28. The van der Waals surface area contributed by atoms with E-state index in [0.29, 0.717) is 23.3 Å². The zero-order valence-corrected chi connectivity index (χ0v) is 15.0. The van der Waals surface area contributed by atoms with Gasteiger partial charge in [0, 0.05) is 11.1 Å². The van der Waals surface area contributed by atoms with E-state index < -0.39 is 0 Å². The Morgan fingerprint density at radius 1 is 1.20 bits per heavy atom. The van der Waals surface area contributed by atoms with Crippen LogP contribution in [-0.4, -0.2) is 33.3 Å². The summed E-state index contributed by atoms with van der Waals surface area (Å²) in [5.41, 5.74) is 1.36. The highest BCUT2D eigenvalue weighted by Gasteiger charge is 2.14. The molecule has 0 saturated heterocycles. The zero-order chi connectivity index (χ0) is 17.5. The molecule has 25 heavy (non-hydrogen) atoms. The Morgan fingerprint density at radius 2 is 1.96 bits per heavy atom. The van der Waals surface area contributed by atoms with E-state index in [4.69, 9.17) is 11.6 Å². The molecule has 7 heteroatoms. The second-order valence-electron chi connectivity index (χ2n) is 6.47. The number of aromatic nitrogens is 3. The van der Waals surface area contributed by atoms with Crippen molar-refractivity contribution in [3.63, 3.8) is 0 Å². The van der Waals surface area contributed by atoms with Gasteiger partial charge in [0.25, 0.3) is 0 Å². The predicted octanol–water partition coefficient (Wildman–Crippen LogP) is 3.56. The number of halogens is 1. The summed E-state index contributed by atoms with van der Waals surface area (Å²) in [7, 11) is 0. The third-order valence-corrected chi connectivity index (χ3v) is 4.79. The lowest BCUT2D eigenvalue weighted by Gasteiger charge is -2.21. The topological polar surface area (TPSA) is 71.8 Å². The van der Waals surface area contributed by atoms with Gasteiger partial charge in [0.05, 0.1) is 17.9 Å². The molecule has 0 aliphatic heterocycles. The number of carbonyl (C=O) groups is 1. The fraction of sp³-hybridized carbons (Fsp3) is 0.500. The summed E-state index contributed by atoms with van der Waals surface area (Å²) < 4.78 is 1.61. The van der Waals surface area contributed by atoms with Crippen molar-refractivity contribution in [1.29, 1.82) is 0 Å². The normalized spacial score (nSPS) is 16.2. The van der Waals surface area contributed by atoms with Crippen molar-refractivity contribution in [1.82, 2.24) is 20.1 Å². The van der Waals surface area contributed by atoms with Crippen LogP contribution in [0.25, 0.3) is 5.69 Å². The molecule has 1 heterocycles. The van der Waals surface area contributed by atoms with Gasteiger partial charge in [0.2, 0.25) is 5.91 Å². The molecule has 1 aliphatic rings. The minimum Gasteiger partial charge on any atom is -0.323 e. The van der Waals surface area contributed by atoms with E-state index in [-0.39, 0.29) is 5.91 Å². The second-order valence-corrected chi connectivity index (χ2v) is 6.91. The molecule has 6 nitrogen and oxygen atoms in total. The Bertz CT molecular complexity index is 681. The second kappa shape index (κ2) is 8.97. The molecule has 1 fully saturated rings. The van der Waals surface area contributed by atoms with E-state index >= 15 is 0 Å². The highest BCUT2D eigenvalue weighted by molar-refractivity contribution is 6.31. The van der Waals surface area contributed by atoms with Crippen molar-refractivity contribution in [2.24, 2.45) is 0 Å². The molecule has 0 atom stereocenters. The minimum absolute atomic E-state index is 0.0781. The average molecular weight is 362 g/mol. The molecule has 3 rings (SSSR count). The summed E-state index contributed by atoms with van der Waals surface area (Å²) in [4.78, 5) is 16.3. The van der Waals surface area contributed by atoms with Crippen LogP contribution in [0.5, 0.6) is 0 Å². The van der Waals surface area contributed by atoms with Gasteiger partial charge in [-0.15, -0.1) is 0 Å². The fourth-order valence-electron chi connectivity index (χ4n) is 3.23. The Hall–Kier alpha value is -1.92. The quantitative estimate of drug-likeness (QED) is 0.854. The maximum Gasteiger partial charge on any atom is 0.238 e. The summed E-state index contributed by atoms with van der Waals surface area (Å²) in [6, 6.07) is 5.74. The van der Waals surface area contributed by atoms with Crippen molar-refractivity contribution < 1.29 is 4.79 Å². The molecule has 1 aliphatic carbocycles. The number of amides is 1. The van der Waals surface area contributed by atoms with Crippen LogP contribution in [0, 0.1) is 0 Å².